The third-order valence-corrected chi connectivity index (χ3v) is 3.81. The van der Waals surface area contributed by atoms with Gasteiger partial charge in [-0.15, -0.1) is 0 Å². The Labute approximate surface area is 75.0 Å². The molecular formula is C11H19N. The summed E-state index contributed by atoms with van der Waals surface area (Å²) in [5.74, 6) is 2.57. The Morgan fingerprint density at radius 3 is 2.50 bits per heavy atom. The third kappa shape index (κ3) is 1.11. The first-order valence-corrected chi connectivity index (χ1v) is 5.02. The minimum atomic E-state index is 0.351. The van der Waals surface area contributed by atoms with Crippen LogP contribution in [0.15, 0.2) is 12.2 Å². The molecule has 1 heteroatoms. The lowest BCUT2D eigenvalue weighted by atomic mass is 9.72. The number of rotatable bonds is 2. The average molecular weight is 165 g/mol. The highest BCUT2D eigenvalue weighted by molar-refractivity contribution is 5.12. The molecule has 0 amide bonds. The maximum absolute atomic E-state index is 5.79. The van der Waals surface area contributed by atoms with E-state index in [9.17, 15) is 0 Å². The van der Waals surface area contributed by atoms with Crippen molar-refractivity contribution in [2.45, 2.75) is 26.7 Å². The van der Waals surface area contributed by atoms with Gasteiger partial charge < -0.3 is 5.73 Å². The lowest BCUT2D eigenvalue weighted by Crippen LogP contribution is -2.34. The predicted molar refractivity (Wildman–Crippen MR) is 51.7 cm³/mol. The van der Waals surface area contributed by atoms with Crippen molar-refractivity contribution in [3.05, 3.63) is 12.2 Å². The standard InChI is InChI=1S/C11H19N/c1-11(2,7-12)10-6-8-3-4-9(10)5-8/h3-4,8-10H,5-7,12H2,1-2H3. The summed E-state index contributed by atoms with van der Waals surface area (Å²) in [5.41, 5.74) is 6.15. The van der Waals surface area contributed by atoms with Gasteiger partial charge in [-0.05, 0) is 42.6 Å². The van der Waals surface area contributed by atoms with Crippen LogP contribution in [0.4, 0.5) is 0 Å². The predicted octanol–water partition coefficient (Wildman–Crippen LogP) is 2.18. The van der Waals surface area contributed by atoms with Crippen molar-refractivity contribution in [3.8, 4) is 0 Å². The SMILES string of the molecule is CC(C)(CN)C1CC2C=CC1C2. The van der Waals surface area contributed by atoms with Crippen molar-refractivity contribution in [3.63, 3.8) is 0 Å². The zero-order chi connectivity index (χ0) is 8.77. The molecule has 0 aromatic carbocycles. The van der Waals surface area contributed by atoms with E-state index in [0.717, 1.165) is 24.3 Å². The van der Waals surface area contributed by atoms with Crippen LogP contribution in [0.2, 0.25) is 0 Å². The molecule has 3 unspecified atom stereocenters. The maximum atomic E-state index is 5.79. The Balaban J connectivity index is 2.12. The molecule has 0 aliphatic heterocycles. The molecule has 1 fully saturated rings. The Kier molecular flexibility index (Phi) is 1.80. The second-order valence-corrected chi connectivity index (χ2v) is 5.08. The number of hydrogen-bond acceptors (Lipinski definition) is 1. The molecule has 12 heavy (non-hydrogen) atoms. The second-order valence-electron chi connectivity index (χ2n) is 5.08. The summed E-state index contributed by atoms with van der Waals surface area (Å²) in [6, 6.07) is 0. The average Bonchev–Trinajstić information content (AvgIpc) is 2.64. The summed E-state index contributed by atoms with van der Waals surface area (Å²) >= 11 is 0. The van der Waals surface area contributed by atoms with Crippen LogP contribution >= 0.6 is 0 Å². The van der Waals surface area contributed by atoms with Crippen molar-refractivity contribution >= 4 is 0 Å². The van der Waals surface area contributed by atoms with Crippen molar-refractivity contribution in [2.24, 2.45) is 28.9 Å². The summed E-state index contributed by atoms with van der Waals surface area (Å²) < 4.78 is 0. The van der Waals surface area contributed by atoms with E-state index >= 15 is 0 Å². The van der Waals surface area contributed by atoms with Crippen LogP contribution in [-0.2, 0) is 0 Å². The summed E-state index contributed by atoms with van der Waals surface area (Å²) in [6.07, 6.45) is 7.59. The molecule has 2 bridgehead atoms. The largest absolute Gasteiger partial charge is 0.330 e. The maximum Gasteiger partial charge on any atom is -0.00230 e. The zero-order valence-corrected chi connectivity index (χ0v) is 8.09. The molecule has 68 valence electrons. The van der Waals surface area contributed by atoms with E-state index in [4.69, 9.17) is 5.73 Å². The lowest BCUT2D eigenvalue weighted by molar-refractivity contribution is 0.189. The van der Waals surface area contributed by atoms with Crippen LogP contribution in [0.25, 0.3) is 0 Å². The van der Waals surface area contributed by atoms with E-state index in [-0.39, 0.29) is 0 Å². The molecule has 2 aliphatic rings. The van der Waals surface area contributed by atoms with Gasteiger partial charge in [-0.2, -0.15) is 0 Å². The highest BCUT2D eigenvalue weighted by Gasteiger charge is 2.42. The first-order chi connectivity index (χ1) is 5.63. The summed E-state index contributed by atoms with van der Waals surface area (Å²) in [6.45, 7) is 5.45. The summed E-state index contributed by atoms with van der Waals surface area (Å²) in [4.78, 5) is 0. The first-order valence-electron chi connectivity index (χ1n) is 5.02. The Bertz CT molecular complexity index is 205. The molecule has 0 saturated heterocycles. The van der Waals surface area contributed by atoms with Crippen LogP contribution < -0.4 is 5.73 Å². The van der Waals surface area contributed by atoms with Gasteiger partial charge in [0.25, 0.3) is 0 Å². The van der Waals surface area contributed by atoms with Crippen molar-refractivity contribution in [1.29, 1.82) is 0 Å². The van der Waals surface area contributed by atoms with Gasteiger partial charge in [-0.1, -0.05) is 26.0 Å². The molecule has 1 saturated carbocycles. The van der Waals surface area contributed by atoms with Crippen LogP contribution in [0.1, 0.15) is 26.7 Å². The minimum Gasteiger partial charge on any atom is -0.330 e. The normalized spacial score (nSPS) is 39.4. The fourth-order valence-electron chi connectivity index (χ4n) is 2.83. The Morgan fingerprint density at radius 1 is 1.33 bits per heavy atom. The topological polar surface area (TPSA) is 26.0 Å². The fourth-order valence-corrected chi connectivity index (χ4v) is 2.83. The van der Waals surface area contributed by atoms with Gasteiger partial charge in [0.05, 0.1) is 0 Å². The van der Waals surface area contributed by atoms with Crippen molar-refractivity contribution in [2.75, 3.05) is 6.54 Å². The lowest BCUT2D eigenvalue weighted by Gasteiger charge is -2.34. The van der Waals surface area contributed by atoms with E-state index in [0.29, 0.717) is 5.41 Å². The van der Waals surface area contributed by atoms with Gasteiger partial charge in [-0.3, -0.25) is 0 Å². The molecule has 0 aromatic rings. The highest BCUT2D eigenvalue weighted by Crippen LogP contribution is 2.50. The van der Waals surface area contributed by atoms with Crippen LogP contribution in [0.3, 0.4) is 0 Å². The van der Waals surface area contributed by atoms with E-state index in [1.54, 1.807) is 0 Å². The van der Waals surface area contributed by atoms with Crippen molar-refractivity contribution in [1.82, 2.24) is 0 Å². The van der Waals surface area contributed by atoms with Crippen molar-refractivity contribution < 1.29 is 0 Å². The number of hydrogen-bond donors (Lipinski definition) is 1. The van der Waals surface area contributed by atoms with E-state index in [1.165, 1.54) is 12.8 Å². The van der Waals surface area contributed by atoms with Gasteiger partial charge >= 0.3 is 0 Å². The number of fused-ring (bicyclic) bond motifs is 2. The molecule has 2 rings (SSSR count). The van der Waals surface area contributed by atoms with Crippen LogP contribution in [0, 0.1) is 23.2 Å². The number of allylic oxidation sites excluding steroid dienone is 2. The quantitative estimate of drug-likeness (QED) is 0.624. The fraction of sp³-hybridized carbons (Fsp3) is 0.818. The van der Waals surface area contributed by atoms with E-state index in [1.807, 2.05) is 0 Å². The van der Waals surface area contributed by atoms with Gasteiger partial charge in [-0.25, -0.2) is 0 Å². The van der Waals surface area contributed by atoms with E-state index < -0.39 is 0 Å². The van der Waals surface area contributed by atoms with E-state index in [2.05, 4.69) is 26.0 Å². The molecule has 2 aliphatic carbocycles. The Hall–Kier alpha value is -0.300. The van der Waals surface area contributed by atoms with Crippen LogP contribution in [0.5, 0.6) is 0 Å². The second kappa shape index (κ2) is 2.59. The molecule has 1 nitrogen and oxygen atoms in total. The van der Waals surface area contributed by atoms with Crippen LogP contribution in [-0.4, -0.2) is 6.54 Å². The molecule has 0 spiro atoms. The number of nitrogens with two attached hydrogens (primary N) is 1. The van der Waals surface area contributed by atoms with Gasteiger partial charge in [0, 0.05) is 0 Å². The molecule has 0 heterocycles. The minimum absolute atomic E-state index is 0.351. The monoisotopic (exact) mass is 165 g/mol. The van der Waals surface area contributed by atoms with Gasteiger partial charge in [0.2, 0.25) is 0 Å². The molecule has 0 radical (unpaired) electrons. The highest BCUT2D eigenvalue weighted by atomic mass is 14.6. The molecular weight excluding hydrogens is 146 g/mol. The summed E-state index contributed by atoms with van der Waals surface area (Å²) in [7, 11) is 0. The first kappa shape index (κ1) is 8.31. The molecule has 2 N–H and O–H groups in total. The third-order valence-electron chi connectivity index (χ3n) is 3.81. The Morgan fingerprint density at radius 2 is 2.08 bits per heavy atom. The molecule has 0 aromatic heterocycles. The smallest absolute Gasteiger partial charge is 0.00230 e. The summed E-state index contributed by atoms with van der Waals surface area (Å²) in [5, 5.41) is 0. The van der Waals surface area contributed by atoms with Gasteiger partial charge in [0.15, 0.2) is 0 Å². The van der Waals surface area contributed by atoms with Gasteiger partial charge in [0.1, 0.15) is 0 Å². The zero-order valence-electron chi connectivity index (χ0n) is 8.09. The molecule has 3 atom stereocenters.